The van der Waals surface area contributed by atoms with Gasteiger partial charge in [-0.3, -0.25) is 4.79 Å². The van der Waals surface area contributed by atoms with Crippen LogP contribution >= 0.6 is 0 Å². The molecule has 0 spiro atoms. The van der Waals surface area contributed by atoms with Gasteiger partial charge < -0.3 is 15.1 Å². The molecule has 3 heterocycles. The summed E-state index contributed by atoms with van der Waals surface area (Å²) in [5, 5.41) is 3.49. The number of likely N-dealkylation sites (tertiary alicyclic amines) is 1. The number of anilines is 1. The third-order valence-corrected chi connectivity index (χ3v) is 5.68. The minimum atomic E-state index is 0.310. The maximum atomic E-state index is 12.7. The van der Waals surface area contributed by atoms with Crippen LogP contribution in [0.4, 0.5) is 5.69 Å². The largest absolute Gasteiger partial charge is 0.362 e. The molecule has 0 aliphatic carbocycles. The quantitative estimate of drug-likeness (QED) is 0.899. The smallest absolute Gasteiger partial charge is 0.242 e. The van der Waals surface area contributed by atoms with E-state index in [9.17, 15) is 4.79 Å². The Balaban J connectivity index is 1.39. The molecule has 0 unspecified atom stereocenters. The summed E-state index contributed by atoms with van der Waals surface area (Å²) in [5.74, 6) is 1.88. The second-order valence-corrected chi connectivity index (χ2v) is 6.94. The van der Waals surface area contributed by atoms with E-state index in [0.29, 0.717) is 12.5 Å². The number of hydrogen-bond donors (Lipinski definition) is 1. The van der Waals surface area contributed by atoms with Gasteiger partial charge in [-0.05, 0) is 55.8 Å². The molecule has 22 heavy (non-hydrogen) atoms. The van der Waals surface area contributed by atoms with Gasteiger partial charge in [0, 0.05) is 25.3 Å². The maximum absolute atomic E-state index is 12.7. The minimum Gasteiger partial charge on any atom is -0.362 e. The Labute approximate surface area is 132 Å². The van der Waals surface area contributed by atoms with E-state index in [0.717, 1.165) is 51.0 Å². The van der Waals surface area contributed by atoms with Gasteiger partial charge in [-0.25, -0.2) is 0 Å². The predicted octanol–water partition coefficient (Wildman–Crippen LogP) is 1.51. The third kappa shape index (κ3) is 2.60. The third-order valence-electron chi connectivity index (χ3n) is 5.68. The van der Waals surface area contributed by atoms with Crippen LogP contribution in [0, 0.1) is 11.8 Å². The highest BCUT2D eigenvalue weighted by Crippen LogP contribution is 2.29. The second kappa shape index (κ2) is 5.92. The van der Waals surface area contributed by atoms with Crippen LogP contribution in [0.25, 0.3) is 0 Å². The molecule has 0 bridgehead atoms. The number of amides is 1. The molecule has 3 aliphatic rings. The monoisotopic (exact) mass is 299 g/mol. The Bertz CT molecular complexity index is 545. The summed E-state index contributed by atoms with van der Waals surface area (Å²) in [6.45, 7) is 5.70. The van der Waals surface area contributed by atoms with Crippen molar-refractivity contribution in [3.8, 4) is 0 Å². The van der Waals surface area contributed by atoms with Gasteiger partial charge in [0.1, 0.15) is 0 Å². The van der Waals surface area contributed by atoms with E-state index in [1.807, 2.05) is 0 Å². The van der Waals surface area contributed by atoms with Gasteiger partial charge in [-0.2, -0.15) is 0 Å². The first-order valence-electron chi connectivity index (χ1n) is 8.62. The molecule has 3 aliphatic heterocycles. The Kier molecular flexibility index (Phi) is 3.78. The first-order valence-corrected chi connectivity index (χ1v) is 8.62. The van der Waals surface area contributed by atoms with E-state index in [2.05, 4.69) is 39.4 Å². The lowest BCUT2D eigenvalue weighted by Gasteiger charge is -2.25. The van der Waals surface area contributed by atoms with Crippen molar-refractivity contribution in [2.45, 2.75) is 19.3 Å². The lowest BCUT2D eigenvalue weighted by Crippen LogP contribution is -2.40. The van der Waals surface area contributed by atoms with Crippen molar-refractivity contribution < 1.29 is 4.79 Å². The number of benzene rings is 1. The van der Waals surface area contributed by atoms with Crippen molar-refractivity contribution in [3.63, 3.8) is 0 Å². The van der Waals surface area contributed by atoms with E-state index >= 15 is 0 Å². The fourth-order valence-electron chi connectivity index (χ4n) is 4.30. The molecule has 1 aromatic rings. The van der Waals surface area contributed by atoms with Crippen molar-refractivity contribution in [3.05, 3.63) is 29.8 Å². The number of rotatable bonds is 2. The number of hydrogen-bond acceptors (Lipinski definition) is 3. The Hall–Kier alpha value is -1.55. The highest BCUT2D eigenvalue weighted by Gasteiger charge is 2.32. The Morgan fingerprint density at radius 3 is 2.59 bits per heavy atom. The summed E-state index contributed by atoms with van der Waals surface area (Å²) in [6, 6.07) is 8.49. The van der Waals surface area contributed by atoms with Crippen molar-refractivity contribution in [2.75, 3.05) is 44.2 Å². The highest BCUT2D eigenvalue weighted by atomic mass is 16.2. The molecule has 2 saturated heterocycles. The molecule has 1 N–H and O–H groups in total. The number of para-hydroxylation sites is 1. The van der Waals surface area contributed by atoms with Crippen molar-refractivity contribution in [2.24, 2.45) is 11.8 Å². The molecule has 118 valence electrons. The van der Waals surface area contributed by atoms with Crippen LogP contribution in [-0.4, -0.2) is 50.1 Å². The number of carbonyl (C=O) groups excluding carboxylic acids is 1. The molecular formula is C18H25N3O. The molecule has 0 aromatic heterocycles. The second-order valence-electron chi connectivity index (χ2n) is 6.94. The number of nitrogens with zero attached hydrogens (tertiary/aromatic N) is 2. The average Bonchev–Trinajstić information content (AvgIpc) is 3.10. The number of carbonyl (C=O) groups is 1. The first kappa shape index (κ1) is 14.1. The van der Waals surface area contributed by atoms with Crippen LogP contribution in [0.2, 0.25) is 0 Å². The summed E-state index contributed by atoms with van der Waals surface area (Å²) in [4.78, 5) is 17.1. The van der Waals surface area contributed by atoms with E-state index in [4.69, 9.17) is 0 Å². The van der Waals surface area contributed by atoms with Gasteiger partial charge in [-0.15, -0.1) is 0 Å². The van der Waals surface area contributed by atoms with Gasteiger partial charge >= 0.3 is 0 Å². The predicted molar refractivity (Wildman–Crippen MR) is 88.0 cm³/mol. The van der Waals surface area contributed by atoms with Gasteiger partial charge in [0.2, 0.25) is 5.91 Å². The fraction of sp³-hybridized carbons (Fsp3) is 0.611. The molecule has 4 heteroatoms. The van der Waals surface area contributed by atoms with Gasteiger partial charge in [-0.1, -0.05) is 18.2 Å². The zero-order chi connectivity index (χ0) is 14.9. The van der Waals surface area contributed by atoms with Crippen LogP contribution in [0.1, 0.15) is 18.4 Å². The van der Waals surface area contributed by atoms with E-state index in [1.54, 1.807) is 0 Å². The summed E-state index contributed by atoms with van der Waals surface area (Å²) in [5.41, 5.74) is 2.64. The molecule has 2 atom stereocenters. The van der Waals surface area contributed by atoms with Gasteiger partial charge in [0.25, 0.3) is 0 Å². The van der Waals surface area contributed by atoms with Crippen LogP contribution in [0.3, 0.4) is 0 Å². The maximum Gasteiger partial charge on any atom is 0.242 e. The lowest BCUT2D eigenvalue weighted by atomic mass is 9.92. The fourth-order valence-corrected chi connectivity index (χ4v) is 4.30. The van der Waals surface area contributed by atoms with Crippen LogP contribution in [0.15, 0.2) is 24.3 Å². The summed E-state index contributed by atoms with van der Waals surface area (Å²) >= 11 is 0. The van der Waals surface area contributed by atoms with Gasteiger partial charge in [0.15, 0.2) is 0 Å². The Morgan fingerprint density at radius 1 is 1.09 bits per heavy atom. The van der Waals surface area contributed by atoms with Crippen molar-refractivity contribution >= 4 is 11.6 Å². The molecule has 0 saturated carbocycles. The molecule has 2 fully saturated rings. The zero-order valence-electron chi connectivity index (χ0n) is 13.1. The Morgan fingerprint density at radius 2 is 1.82 bits per heavy atom. The van der Waals surface area contributed by atoms with Crippen LogP contribution in [0.5, 0.6) is 0 Å². The van der Waals surface area contributed by atoms with E-state index < -0.39 is 0 Å². The van der Waals surface area contributed by atoms with Crippen molar-refractivity contribution in [1.82, 2.24) is 10.2 Å². The summed E-state index contributed by atoms with van der Waals surface area (Å²) < 4.78 is 0. The average molecular weight is 299 g/mol. The molecular weight excluding hydrogens is 274 g/mol. The highest BCUT2D eigenvalue weighted by molar-refractivity contribution is 5.82. The van der Waals surface area contributed by atoms with E-state index in [1.165, 1.54) is 24.1 Å². The summed E-state index contributed by atoms with van der Waals surface area (Å²) in [6.07, 6.45) is 3.40. The molecule has 4 nitrogen and oxygen atoms in total. The van der Waals surface area contributed by atoms with Crippen LogP contribution in [-0.2, 0) is 11.2 Å². The summed E-state index contributed by atoms with van der Waals surface area (Å²) in [7, 11) is 0. The van der Waals surface area contributed by atoms with Crippen LogP contribution < -0.4 is 10.2 Å². The molecule has 0 radical (unpaired) electrons. The van der Waals surface area contributed by atoms with E-state index in [-0.39, 0.29) is 0 Å². The molecule has 4 rings (SSSR count). The SMILES string of the molecule is O=C(CN1CCc2ccccc21)N1CC[C@@H]2CNC[C@@H]2CC1. The first-order chi connectivity index (χ1) is 10.8. The van der Waals surface area contributed by atoms with Gasteiger partial charge in [0.05, 0.1) is 6.54 Å². The standard InChI is InChI=1S/C18H25N3O/c22-18(13-21-10-5-14-3-1-2-4-17(14)21)20-8-6-15-11-19-12-16(15)7-9-20/h1-4,15-16,19H,5-13H2/t15-,16+. The zero-order valence-corrected chi connectivity index (χ0v) is 13.1. The molecule has 1 amide bonds. The normalized spacial score (nSPS) is 27.5. The molecule has 1 aromatic carbocycles. The lowest BCUT2D eigenvalue weighted by molar-refractivity contribution is -0.129. The topological polar surface area (TPSA) is 35.6 Å². The minimum absolute atomic E-state index is 0.310. The van der Waals surface area contributed by atoms with Crippen molar-refractivity contribution in [1.29, 1.82) is 0 Å². The number of nitrogens with one attached hydrogen (secondary N) is 1. The number of fused-ring (bicyclic) bond motifs is 2.